The SMILES string of the molecule is CCOC(=O)C1CCCN(C(=O)CC(c2ccccc2F)c2cnc3c(C)cccn23)C1. The van der Waals surface area contributed by atoms with E-state index in [0.717, 1.165) is 23.3 Å². The van der Waals surface area contributed by atoms with Crippen LogP contribution in [0.4, 0.5) is 4.39 Å². The highest BCUT2D eigenvalue weighted by Gasteiger charge is 2.32. The van der Waals surface area contributed by atoms with Crippen LogP contribution in [0, 0.1) is 18.7 Å². The Morgan fingerprint density at radius 3 is 2.84 bits per heavy atom. The van der Waals surface area contributed by atoms with E-state index >= 15 is 0 Å². The first-order valence-electron chi connectivity index (χ1n) is 11.1. The molecule has 3 heterocycles. The van der Waals surface area contributed by atoms with Crippen LogP contribution in [0.1, 0.15) is 48.9 Å². The quantitative estimate of drug-likeness (QED) is 0.545. The van der Waals surface area contributed by atoms with Crippen LogP contribution >= 0.6 is 0 Å². The normalized spacial score (nSPS) is 17.3. The first-order valence-corrected chi connectivity index (χ1v) is 11.1. The number of halogens is 1. The van der Waals surface area contributed by atoms with Gasteiger partial charge in [0.2, 0.25) is 5.91 Å². The molecule has 1 aromatic carbocycles. The third-order valence-corrected chi connectivity index (χ3v) is 6.17. The number of hydrogen-bond donors (Lipinski definition) is 0. The van der Waals surface area contributed by atoms with E-state index in [0.29, 0.717) is 31.7 Å². The first-order chi connectivity index (χ1) is 15.5. The van der Waals surface area contributed by atoms with Crippen molar-refractivity contribution in [1.29, 1.82) is 0 Å². The Kier molecular flexibility index (Phi) is 6.53. The van der Waals surface area contributed by atoms with E-state index in [4.69, 9.17) is 4.74 Å². The van der Waals surface area contributed by atoms with E-state index in [1.807, 2.05) is 29.7 Å². The number of carbonyl (C=O) groups excluding carboxylic acids is 2. The van der Waals surface area contributed by atoms with Gasteiger partial charge in [0.05, 0.1) is 18.2 Å². The predicted molar refractivity (Wildman–Crippen MR) is 119 cm³/mol. The highest BCUT2D eigenvalue weighted by Crippen LogP contribution is 2.32. The Balaban J connectivity index is 1.64. The van der Waals surface area contributed by atoms with Gasteiger partial charge >= 0.3 is 5.97 Å². The summed E-state index contributed by atoms with van der Waals surface area (Å²) in [5.74, 6) is -1.51. The summed E-state index contributed by atoms with van der Waals surface area (Å²) < 4.78 is 21.9. The molecule has 0 spiro atoms. The number of aryl methyl sites for hydroxylation is 1. The maximum absolute atomic E-state index is 14.8. The van der Waals surface area contributed by atoms with Crippen LogP contribution in [0.2, 0.25) is 0 Å². The molecule has 32 heavy (non-hydrogen) atoms. The van der Waals surface area contributed by atoms with Crippen molar-refractivity contribution in [3.05, 3.63) is 71.4 Å². The number of ether oxygens (including phenoxy) is 1. The lowest BCUT2D eigenvalue weighted by atomic mass is 9.90. The monoisotopic (exact) mass is 437 g/mol. The fourth-order valence-corrected chi connectivity index (χ4v) is 4.52. The van der Waals surface area contributed by atoms with Crippen molar-refractivity contribution in [3.8, 4) is 0 Å². The molecule has 4 rings (SSSR count). The van der Waals surface area contributed by atoms with Gasteiger partial charge in [-0.3, -0.25) is 9.59 Å². The van der Waals surface area contributed by atoms with Crippen molar-refractivity contribution >= 4 is 17.5 Å². The number of rotatable bonds is 6. The summed E-state index contributed by atoms with van der Waals surface area (Å²) in [5.41, 5.74) is 3.02. The van der Waals surface area contributed by atoms with Crippen LogP contribution in [0.15, 0.2) is 48.8 Å². The second-order valence-electron chi connectivity index (χ2n) is 8.28. The third kappa shape index (κ3) is 4.38. The molecule has 168 valence electrons. The van der Waals surface area contributed by atoms with Crippen molar-refractivity contribution in [3.63, 3.8) is 0 Å². The molecule has 7 heteroatoms. The number of nitrogens with zero attached hydrogens (tertiary/aromatic N) is 3. The Morgan fingerprint density at radius 2 is 2.06 bits per heavy atom. The first kappa shape index (κ1) is 22.0. The van der Waals surface area contributed by atoms with Crippen molar-refractivity contribution in [2.75, 3.05) is 19.7 Å². The van der Waals surface area contributed by atoms with Gasteiger partial charge in [0, 0.05) is 37.8 Å². The van der Waals surface area contributed by atoms with Gasteiger partial charge in [-0.2, -0.15) is 0 Å². The zero-order chi connectivity index (χ0) is 22.7. The van der Waals surface area contributed by atoms with Crippen LogP contribution in [0.3, 0.4) is 0 Å². The summed E-state index contributed by atoms with van der Waals surface area (Å²) in [4.78, 5) is 31.8. The number of aromatic nitrogens is 2. The van der Waals surface area contributed by atoms with E-state index in [1.165, 1.54) is 6.07 Å². The smallest absolute Gasteiger partial charge is 0.310 e. The van der Waals surface area contributed by atoms with Crippen molar-refractivity contribution in [2.24, 2.45) is 5.92 Å². The second kappa shape index (κ2) is 9.51. The lowest BCUT2D eigenvalue weighted by Crippen LogP contribution is -2.43. The van der Waals surface area contributed by atoms with Crippen LogP contribution in [0.5, 0.6) is 0 Å². The number of likely N-dealkylation sites (tertiary alicyclic amines) is 1. The molecule has 0 bridgehead atoms. The number of imidazole rings is 1. The molecule has 1 aliphatic rings. The number of piperidine rings is 1. The Bertz CT molecular complexity index is 1130. The Morgan fingerprint density at radius 1 is 1.25 bits per heavy atom. The number of pyridine rings is 1. The zero-order valence-electron chi connectivity index (χ0n) is 18.5. The minimum atomic E-state index is -0.497. The van der Waals surface area contributed by atoms with Gasteiger partial charge in [-0.1, -0.05) is 24.3 Å². The van der Waals surface area contributed by atoms with E-state index in [9.17, 15) is 14.0 Å². The highest BCUT2D eigenvalue weighted by atomic mass is 19.1. The van der Waals surface area contributed by atoms with E-state index in [1.54, 1.807) is 36.2 Å². The number of amides is 1. The molecule has 1 saturated heterocycles. The molecule has 3 aromatic rings. The third-order valence-electron chi connectivity index (χ3n) is 6.17. The molecule has 0 N–H and O–H groups in total. The van der Waals surface area contributed by atoms with Gasteiger partial charge in [-0.15, -0.1) is 0 Å². The molecule has 1 fully saturated rings. The van der Waals surface area contributed by atoms with Gasteiger partial charge in [-0.25, -0.2) is 9.37 Å². The van der Waals surface area contributed by atoms with Crippen LogP contribution in [-0.4, -0.2) is 45.9 Å². The second-order valence-corrected chi connectivity index (χ2v) is 8.28. The Labute approximate surface area is 187 Å². The van der Waals surface area contributed by atoms with E-state index in [-0.39, 0.29) is 30.0 Å². The number of carbonyl (C=O) groups is 2. The fraction of sp³-hybridized carbons (Fsp3) is 0.400. The maximum atomic E-state index is 14.8. The molecule has 6 nitrogen and oxygen atoms in total. The molecule has 0 aliphatic carbocycles. The highest BCUT2D eigenvalue weighted by molar-refractivity contribution is 5.79. The molecule has 1 aliphatic heterocycles. The molecule has 2 atom stereocenters. The van der Waals surface area contributed by atoms with Crippen LogP contribution in [0.25, 0.3) is 5.65 Å². The lowest BCUT2D eigenvalue weighted by molar-refractivity contribution is -0.151. The topological polar surface area (TPSA) is 63.9 Å². The standard InChI is InChI=1S/C25H28FN3O3/c1-3-32-25(31)18-9-7-12-28(16-18)23(30)14-20(19-10-4-5-11-21(19)26)22-15-27-24-17(2)8-6-13-29(22)24/h4-6,8,10-11,13,15,18,20H,3,7,9,12,14,16H2,1-2H3. The van der Waals surface area contributed by atoms with E-state index in [2.05, 4.69) is 4.98 Å². The fourth-order valence-electron chi connectivity index (χ4n) is 4.52. The molecule has 1 amide bonds. The minimum absolute atomic E-state index is 0.0955. The summed E-state index contributed by atoms with van der Waals surface area (Å²) >= 11 is 0. The molecule has 2 aromatic heterocycles. The molecular weight excluding hydrogens is 409 g/mol. The summed E-state index contributed by atoms with van der Waals surface area (Å²) in [6.07, 6.45) is 5.17. The van der Waals surface area contributed by atoms with Crippen LogP contribution < -0.4 is 0 Å². The van der Waals surface area contributed by atoms with Crippen molar-refractivity contribution < 1.29 is 18.7 Å². The number of esters is 1. The Hall–Kier alpha value is -3.22. The van der Waals surface area contributed by atoms with Gasteiger partial charge < -0.3 is 14.0 Å². The summed E-state index contributed by atoms with van der Waals surface area (Å²) in [7, 11) is 0. The van der Waals surface area contributed by atoms with Gasteiger partial charge in [0.15, 0.2) is 0 Å². The van der Waals surface area contributed by atoms with Crippen molar-refractivity contribution in [2.45, 2.75) is 39.0 Å². The summed E-state index contributed by atoms with van der Waals surface area (Å²) in [6, 6.07) is 10.5. The van der Waals surface area contributed by atoms with Crippen molar-refractivity contribution in [1.82, 2.24) is 14.3 Å². The van der Waals surface area contributed by atoms with E-state index < -0.39 is 5.92 Å². The average molecular weight is 438 g/mol. The molecular formula is C25H28FN3O3. The largest absolute Gasteiger partial charge is 0.466 e. The maximum Gasteiger partial charge on any atom is 0.310 e. The number of benzene rings is 1. The van der Waals surface area contributed by atoms with Crippen LogP contribution in [-0.2, 0) is 14.3 Å². The average Bonchev–Trinajstić information content (AvgIpc) is 3.23. The number of fused-ring (bicyclic) bond motifs is 1. The molecule has 2 unspecified atom stereocenters. The molecule has 0 saturated carbocycles. The van der Waals surface area contributed by atoms with Gasteiger partial charge in [0.1, 0.15) is 11.5 Å². The summed E-state index contributed by atoms with van der Waals surface area (Å²) in [5, 5.41) is 0. The predicted octanol–water partition coefficient (Wildman–Crippen LogP) is 4.11. The number of hydrogen-bond acceptors (Lipinski definition) is 4. The minimum Gasteiger partial charge on any atom is -0.466 e. The molecule has 0 radical (unpaired) electrons. The lowest BCUT2D eigenvalue weighted by Gasteiger charge is -2.32. The zero-order valence-corrected chi connectivity index (χ0v) is 18.5. The summed E-state index contributed by atoms with van der Waals surface area (Å²) in [6.45, 7) is 5.00. The van der Waals surface area contributed by atoms with Gasteiger partial charge in [0.25, 0.3) is 0 Å². The van der Waals surface area contributed by atoms with Gasteiger partial charge in [-0.05, 0) is 49.9 Å².